The van der Waals surface area contributed by atoms with Crippen LogP contribution >= 0.6 is 0 Å². The van der Waals surface area contributed by atoms with Crippen LogP contribution < -0.4 is 0 Å². The fraction of sp³-hybridized carbons (Fsp3) is 0.267. The lowest BCUT2D eigenvalue weighted by molar-refractivity contribution is -0.144. The second-order valence-electron chi connectivity index (χ2n) is 4.83. The number of rotatable bonds is 3. The normalized spacial score (nSPS) is 18.5. The molecule has 102 valence electrons. The minimum absolute atomic E-state index is 0.451. The van der Waals surface area contributed by atoms with E-state index >= 15 is 0 Å². The van der Waals surface area contributed by atoms with Crippen molar-refractivity contribution in [2.75, 3.05) is 6.54 Å². The average Bonchev–Trinajstić information content (AvgIpc) is 2.47. The van der Waals surface area contributed by atoms with Crippen molar-refractivity contribution in [3.63, 3.8) is 0 Å². The third kappa shape index (κ3) is 2.40. The summed E-state index contributed by atoms with van der Waals surface area (Å²) < 4.78 is 0. The Morgan fingerprint density at radius 2 is 2.00 bits per heavy atom. The second-order valence-corrected chi connectivity index (χ2v) is 4.83. The number of nitrogens with zero attached hydrogens (tertiary/aromatic N) is 3. The molecular formula is C15H15N3O2. The van der Waals surface area contributed by atoms with E-state index in [0.717, 1.165) is 17.5 Å². The van der Waals surface area contributed by atoms with Gasteiger partial charge in [0.2, 0.25) is 0 Å². The highest BCUT2D eigenvalue weighted by Crippen LogP contribution is 2.30. The highest BCUT2D eigenvalue weighted by molar-refractivity contribution is 5.76. The number of carbonyl (C=O) groups is 1. The maximum absolute atomic E-state index is 11.6. The fourth-order valence-electron chi connectivity index (χ4n) is 2.67. The number of fused-ring (bicyclic) bond motifs is 1. The van der Waals surface area contributed by atoms with Crippen LogP contribution in [-0.2, 0) is 17.8 Å². The van der Waals surface area contributed by atoms with Gasteiger partial charge in [-0.25, -0.2) is 9.97 Å². The van der Waals surface area contributed by atoms with Crippen molar-refractivity contribution in [3.05, 3.63) is 59.7 Å². The molecule has 1 aliphatic rings. The molecule has 0 aliphatic carbocycles. The fourth-order valence-corrected chi connectivity index (χ4v) is 2.67. The van der Waals surface area contributed by atoms with Crippen molar-refractivity contribution in [1.82, 2.24) is 14.9 Å². The first-order valence-electron chi connectivity index (χ1n) is 6.56. The van der Waals surface area contributed by atoms with Crippen LogP contribution in [0.4, 0.5) is 0 Å². The molecule has 20 heavy (non-hydrogen) atoms. The van der Waals surface area contributed by atoms with Crippen LogP contribution in [0.25, 0.3) is 0 Å². The summed E-state index contributed by atoms with van der Waals surface area (Å²) >= 11 is 0. The zero-order chi connectivity index (χ0) is 13.9. The van der Waals surface area contributed by atoms with Gasteiger partial charge < -0.3 is 5.11 Å². The van der Waals surface area contributed by atoms with Gasteiger partial charge in [0.05, 0.1) is 6.54 Å². The summed E-state index contributed by atoms with van der Waals surface area (Å²) in [4.78, 5) is 21.9. The topological polar surface area (TPSA) is 66.3 Å². The molecule has 0 amide bonds. The van der Waals surface area contributed by atoms with Gasteiger partial charge in [-0.05, 0) is 23.6 Å². The number of aliphatic carboxylic acids is 1. The van der Waals surface area contributed by atoms with Crippen molar-refractivity contribution in [2.45, 2.75) is 19.0 Å². The Hall–Kier alpha value is -2.27. The van der Waals surface area contributed by atoms with Crippen molar-refractivity contribution in [1.29, 1.82) is 0 Å². The monoisotopic (exact) mass is 269 g/mol. The van der Waals surface area contributed by atoms with Gasteiger partial charge in [0.15, 0.2) is 0 Å². The standard InChI is InChI=1S/C15H15N3O2/c19-15(20)14-12-5-2-1-4-11(12)6-9-18(14)10-13-16-7-3-8-17-13/h1-5,7-8,14H,6,9-10H2,(H,19,20). The quantitative estimate of drug-likeness (QED) is 0.918. The van der Waals surface area contributed by atoms with Crippen LogP contribution in [0, 0.1) is 0 Å². The molecule has 1 N–H and O–H groups in total. The molecule has 0 saturated carbocycles. The molecule has 0 saturated heterocycles. The lowest BCUT2D eigenvalue weighted by Gasteiger charge is -2.34. The summed E-state index contributed by atoms with van der Waals surface area (Å²) in [7, 11) is 0. The first kappa shape index (κ1) is 12.7. The van der Waals surface area contributed by atoms with Gasteiger partial charge in [-0.3, -0.25) is 9.69 Å². The Kier molecular flexibility index (Phi) is 3.43. The molecule has 3 rings (SSSR count). The van der Waals surface area contributed by atoms with Crippen LogP contribution in [0.15, 0.2) is 42.7 Å². The Morgan fingerprint density at radius 3 is 2.75 bits per heavy atom. The Bertz CT molecular complexity index is 616. The van der Waals surface area contributed by atoms with E-state index in [1.807, 2.05) is 29.2 Å². The number of carboxylic acids is 1. The van der Waals surface area contributed by atoms with E-state index in [4.69, 9.17) is 0 Å². The van der Waals surface area contributed by atoms with Crippen molar-refractivity contribution < 1.29 is 9.90 Å². The minimum Gasteiger partial charge on any atom is -0.480 e. The average molecular weight is 269 g/mol. The summed E-state index contributed by atoms with van der Waals surface area (Å²) in [5.41, 5.74) is 1.99. The largest absolute Gasteiger partial charge is 0.480 e. The van der Waals surface area contributed by atoms with Crippen LogP contribution in [0.5, 0.6) is 0 Å². The number of carboxylic acid groups (broad SMARTS) is 1. The van der Waals surface area contributed by atoms with Crippen LogP contribution in [0.2, 0.25) is 0 Å². The van der Waals surface area contributed by atoms with Crippen LogP contribution in [0.1, 0.15) is 23.0 Å². The van der Waals surface area contributed by atoms with Crippen LogP contribution in [-0.4, -0.2) is 32.5 Å². The van der Waals surface area contributed by atoms with E-state index in [1.54, 1.807) is 18.5 Å². The first-order valence-corrected chi connectivity index (χ1v) is 6.56. The number of hydrogen-bond donors (Lipinski definition) is 1. The van der Waals surface area contributed by atoms with Crippen molar-refractivity contribution in [2.24, 2.45) is 0 Å². The molecule has 5 heteroatoms. The summed E-state index contributed by atoms with van der Waals surface area (Å²) in [6.07, 6.45) is 4.21. The van der Waals surface area contributed by atoms with Gasteiger partial charge in [0, 0.05) is 18.9 Å². The maximum atomic E-state index is 11.6. The SMILES string of the molecule is O=C(O)C1c2ccccc2CCN1Cc1ncccn1. The second kappa shape index (κ2) is 5.38. The van der Waals surface area contributed by atoms with E-state index in [9.17, 15) is 9.90 Å². The molecule has 1 atom stereocenters. The zero-order valence-corrected chi connectivity index (χ0v) is 10.9. The molecule has 0 spiro atoms. The lowest BCUT2D eigenvalue weighted by Crippen LogP contribution is -2.39. The molecule has 1 aliphatic heterocycles. The third-order valence-corrected chi connectivity index (χ3v) is 3.58. The number of aromatic nitrogens is 2. The van der Waals surface area contributed by atoms with E-state index in [2.05, 4.69) is 9.97 Å². The molecule has 2 heterocycles. The zero-order valence-electron chi connectivity index (χ0n) is 10.9. The van der Waals surface area contributed by atoms with Gasteiger partial charge in [-0.2, -0.15) is 0 Å². The van der Waals surface area contributed by atoms with E-state index in [-0.39, 0.29) is 0 Å². The maximum Gasteiger partial charge on any atom is 0.325 e. The number of hydrogen-bond acceptors (Lipinski definition) is 4. The molecule has 0 fully saturated rings. The molecular weight excluding hydrogens is 254 g/mol. The van der Waals surface area contributed by atoms with Gasteiger partial charge >= 0.3 is 5.97 Å². The Labute approximate surface area is 116 Å². The third-order valence-electron chi connectivity index (χ3n) is 3.58. The Balaban J connectivity index is 1.91. The summed E-state index contributed by atoms with van der Waals surface area (Å²) in [6.45, 7) is 1.15. The molecule has 0 bridgehead atoms. The molecule has 1 unspecified atom stereocenters. The van der Waals surface area contributed by atoms with E-state index in [1.165, 1.54) is 0 Å². The lowest BCUT2D eigenvalue weighted by atomic mass is 9.92. The van der Waals surface area contributed by atoms with Gasteiger partial charge in [-0.15, -0.1) is 0 Å². The van der Waals surface area contributed by atoms with Gasteiger partial charge in [0.25, 0.3) is 0 Å². The minimum atomic E-state index is -0.826. The smallest absolute Gasteiger partial charge is 0.325 e. The summed E-state index contributed by atoms with van der Waals surface area (Å²) in [5, 5.41) is 9.55. The molecule has 1 aromatic heterocycles. The molecule has 0 radical (unpaired) electrons. The molecule has 1 aromatic carbocycles. The Morgan fingerprint density at radius 1 is 1.25 bits per heavy atom. The highest BCUT2D eigenvalue weighted by atomic mass is 16.4. The van der Waals surface area contributed by atoms with Crippen LogP contribution in [0.3, 0.4) is 0 Å². The first-order chi connectivity index (χ1) is 9.75. The predicted octanol–water partition coefficient (Wildman–Crippen LogP) is 1.66. The van der Waals surface area contributed by atoms with Gasteiger partial charge in [-0.1, -0.05) is 24.3 Å². The molecule has 5 nitrogen and oxygen atoms in total. The highest BCUT2D eigenvalue weighted by Gasteiger charge is 2.32. The van der Waals surface area contributed by atoms with Crippen molar-refractivity contribution >= 4 is 5.97 Å². The summed E-state index contributed by atoms with van der Waals surface area (Å²) in [6, 6.07) is 8.87. The van der Waals surface area contributed by atoms with E-state index in [0.29, 0.717) is 18.9 Å². The molecule has 2 aromatic rings. The van der Waals surface area contributed by atoms with E-state index < -0.39 is 12.0 Å². The predicted molar refractivity (Wildman–Crippen MR) is 73.0 cm³/mol. The summed E-state index contributed by atoms with van der Waals surface area (Å²) in [5.74, 6) is -0.175. The number of benzene rings is 1. The van der Waals surface area contributed by atoms with Gasteiger partial charge in [0.1, 0.15) is 11.9 Å². The van der Waals surface area contributed by atoms with Crippen molar-refractivity contribution in [3.8, 4) is 0 Å².